The molecule has 1 aliphatic carbocycles. The minimum atomic E-state index is -4.00. The molecule has 1 saturated carbocycles. The maximum absolute atomic E-state index is 11.1. The van der Waals surface area contributed by atoms with Crippen molar-refractivity contribution in [3.63, 3.8) is 0 Å². The molecule has 1 aliphatic rings. The lowest BCUT2D eigenvalue weighted by molar-refractivity contribution is -0.0277. The molecule has 2 aromatic rings. The Labute approximate surface area is 185 Å². The van der Waals surface area contributed by atoms with Gasteiger partial charge in [0.05, 0.1) is 17.6 Å². The average molecular weight is 454 g/mol. The van der Waals surface area contributed by atoms with Crippen molar-refractivity contribution in [2.24, 2.45) is 0 Å². The predicted octanol–water partition coefficient (Wildman–Crippen LogP) is 3.14. The van der Waals surface area contributed by atoms with Gasteiger partial charge in [0.25, 0.3) is 10.1 Å². The standard InChI is InChI=1S/C17H27NO2.C6H6O3S.H2O/c1-18(2)13-16(17(19)11-5-4-6-12-17)14-7-9-15(20-3)10-8-14;7-10(8,9)6-4-2-1-3-5-6;/h7-10,16,19H,4-6,11-13H2,1-3H3;1-5H,(H,7,8,9);1H2. The van der Waals surface area contributed by atoms with E-state index in [9.17, 15) is 13.5 Å². The van der Waals surface area contributed by atoms with Crippen molar-refractivity contribution in [2.75, 3.05) is 27.7 Å². The van der Waals surface area contributed by atoms with Gasteiger partial charge in [0.2, 0.25) is 0 Å². The molecule has 174 valence electrons. The first-order chi connectivity index (χ1) is 14.2. The van der Waals surface area contributed by atoms with E-state index in [0.29, 0.717) is 0 Å². The highest BCUT2D eigenvalue weighted by molar-refractivity contribution is 7.85. The molecule has 4 N–H and O–H groups in total. The zero-order valence-electron chi connectivity index (χ0n) is 18.5. The van der Waals surface area contributed by atoms with Crippen LogP contribution in [-0.4, -0.2) is 61.8 Å². The van der Waals surface area contributed by atoms with E-state index in [1.54, 1.807) is 25.3 Å². The van der Waals surface area contributed by atoms with Crippen LogP contribution in [0.4, 0.5) is 0 Å². The maximum atomic E-state index is 11.1. The first-order valence-corrected chi connectivity index (χ1v) is 11.6. The number of likely N-dealkylation sites (N-methyl/N-ethyl adjacent to an activating group) is 1. The summed E-state index contributed by atoms with van der Waals surface area (Å²) >= 11 is 0. The molecule has 0 radical (unpaired) electrons. The van der Waals surface area contributed by atoms with Gasteiger partial charge in [-0.3, -0.25) is 4.55 Å². The van der Waals surface area contributed by atoms with E-state index in [2.05, 4.69) is 31.1 Å². The molecule has 1 fully saturated rings. The van der Waals surface area contributed by atoms with Gasteiger partial charge >= 0.3 is 0 Å². The second-order valence-electron chi connectivity index (χ2n) is 8.04. The van der Waals surface area contributed by atoms with Crippen LogP contribution in [-0.2, 0) is 10.1 Å². The summed E-state index contributed by atoms with van der Waals surface area (Å²) in [6.07, 6.45) is 5.35. The fourth-order valence-electron chi connectivity index (χ4n) is 3.89. The molecular weight excluding hydrogens is 418 g/mol. The third-order valence-corrected chi connectivity index (χ3v) is 6.34. The molecule has 0 spiro atoms. The van der Waals surface area contributed by atoms with E-state index in [0.717, 1.165) is 38.0 Å². The van der Waals surface area contributed by atoms with Gasteiger partial charge in [0.15, 0.2) is 0 Å². The Morgan fingerprint density at radius 1 is 1.00 bits per heavy atom. The summed E-state index contributed by atoms with van der Waals surface area (Å²) < 4.78 is 34.5. The molecule has 7 nitrogen and oxygen atoms in total. The van der Waals surface area contributed by atoms with E-state index in [1.807, 2.05) is 12.1 Å². The molecule has 0 aromatic heterocycles. The molecule has 0 bridgehead atoms. The molecule has 1 unspecified atom stereocenters. The highest BCUT2D eigenvalue weighted by Gasteiger charge is 2.38. The zero-order chi connectivity index (χ0) is 22.2. The number of aliphatic hydroxyl groups is 1. The van der Waals surface area contributed by atoms with Crippen LogP contribution in [0.3, 0.4) is 0 Å². The minimum absolute atomic E-state index is 0. The van der Waals surface area contributed by atoms with E-state index < -0.39 is 15.7 Å². The SMILES string of the molecule is COc1ccc(C(CN(C)C)C2(O)CCCCC2)cc1.O.O=S(=O)(O)c1ccccc1. The fraction of sp³-hybridized carbons (Fsp3) is 0.478. The summed E-state index contributed by atoms with van der Waals surface area (Å²) in [6, 6.07) is 15.6. The highest BCUT2D eigenvalue weighted by atomic mass is 32.2. The largest absolute Gasteiger partial charge is 0.497 e. The molecule has 0 heterocycles. The monoisotopic (exact) mass is 453 g/mol. The third kappa shape index (κ3) is 8.23. The van der Waals surface area contributed by atoms with Crippen LogP contribution in [0.1, 0.15) is 43.6 Å². The van der Waals surface area contributed by atoms with Gasteiger partial charge in [0, 0.05) is 12.5 Å². The Hall–Kier alpha value is -1.97. The van der Waals surface area contributed by atoms with Crippen molar-refractivity contribution in [3.05, 3.63) is 60.2 Å². The van der Waals surface area contributed by atoms with Crippen molar-refractivity contribution in [1.82, 2.24) is 4.90 Å². The molecule has 31 heavy (non-hydrogen) atoms. The number of hydrogen-bond donors (Lipinski definition) is 2. The van der Waals surface area contributed by atoms with E-state index >= 15 is 0 Å². The molecule has 3 rings (SSSR count). The number of benzene rings is 2. The van der Waals surface area contributed by atoms with Gasteiger partial charge in [-0.25, -0.2) is 0 Å². The molecule has 0 saturated heterocycles. The van der Waals surface area contributed by atoms with Crippen molar-refractivity contribution in [1.29, 1.82) is 0 Å². The zero-order valence-corrected chi connectivity index (χ0v) is 19.3. The normalized spacial score (nSPS) is 16.5. The van der Waals surface area contributed by atoms with Crippen LogP contribution in [0.2, 0.25) is 0 Å². The summed E-state index contributed by atoms with van der Waals surface area (Å²) in [5.74, 6) is 1.04. The summed E-state index contributed by atoms with van der Waals surface area (Å²) in [5.41, 5.74) is 0.654. The molecular formula is C23H35NO6S. The highest BCUT2D eigenvalue weighted by Crippen LogP contribution is 2.40. The van der Waals surface area contributed by atoms with E-state index in [-0.39, 0.29) is 16.3 Å². The second-order valence-corrected chi connectivity index (χ2v) is 9.46. The average Bonchev–Trinajstić information content (AvgIpc) is 2.73. The Morgan fingerprint density at radius 3 is 1.97 bits per heavy atom. The van der Waals surface area contributed by atoms with Crippen LogP contribution < -0.4 is 4.74 Å². The number of hydrogen-bond acceptors (Lipinski definition) is 5. The van der Waals surface area contributed by atoms with Gasteiger partial charge in [-0.2, -0.15) is 8.42 Å². The topological polar surface area (TPSA) is 119 Å². The van der Waals surface area contributed by atoms with Crippen molar-refractivity contribution in [2.45, 2.75) is 48.5 Å². The quantitative estimate of drug-likeness (QED) is 0.649. The molecule has 8 heteroatoms. The van der Waals surface area contributed by atoms with Crippen LogP contribution in [0.25, 0.3) is 0 Å². The first-order valence-electron chi connectivity index (χ1n) is 10.2. The van der Waals surface area contributed by atoms with Crippen LogP contribution in [0.15, 0.2) is 59.5 Å². The molecule has 0 amide bonds. The Balaban J connectivity index is 0.000000370. The number of rotatable bonds is 6. The summed E-state index contributed by atoms with van der Waals surface area (Å²) in [6.45, 7) is 0.878. The van der Waals surface area contributed by atoms with E-state index in [1.165, 1.54) is 24.1 Å². The summed E-state index contributed by atoms with van der Waals surface area (Å²) in [5, 5.41) is 11.1. The lowest BCUT2D eigenvalue weighted by atomic mass is 9.72. The van der Waals surface area contributed by atoms with Gasteiger partial charge in [0.1, 0.15) is 5.75 Å². The Morgan fingerprint density at radius 2 is 1.55 bits per heavy atom. The van der Waals surface area contributed by atoms with Gasteiger partial charge in [-0.1, -0.05) is 49.6 Å². The number of methoxy groups -OCH3 is 1. The molecule has 0 aliphatic heterocycles. The smallest absolute Gasteiger partial charge is 0.294 e. The Bertz CT molecular complexity index is 863. The van der Waals surface area contributed by atoms with Crippen LogP contribution in [0.5, 0.6) is 5.75 Å². The van der Waals surface area contributed by atoms with E-state index in [4.69, 9.17) is 9.29 Å². The van der Waals surface area contributed by atoms with Crippen LogP contribution >= 0.6 is 0 Å². The number of ether oxygens (including phenoxy) is 1. The molecule has 2 aromatic carbocycles. The maximum Gasteiger partial charge on any atom is 0.294 e. The minimum Gasteiger partial charge on any atom is -0.497 e. The lowest BCUT2D eigenvalue weighted by Gasteiger charge is -2.40. The van der Waals surface area contributed by atoms with Crippen LogP contribution in [0, 0.1) is 0 Å². The Kier molecular flexibility index (Phi) is 10.6. The van der Waals surface area contributed by atoms with Crippen molar-refractivity contribution < 1.29 is 28.3 Å². The first kappa shape index (κ1) is 27.1. The lowest BCUT2D eigenvalue weighted by Crippen LogP contribution is -2.42. The van der Waals surface area contributed by atoms with Crippen molar-refractivity contribution >= 4 is 10.1 Å². The summed E-state index contributed by atoms with van der Waals surface area (Å²) in [7, 11) is 1.82. The van der Waals surface area contributed by atoms with Gasteiger partial charge in [-0.15, -0.1) is 0 Å². The third-order valence-electron chi connectivity index (χ3n) is 5.47. The molecule has 1 atom stereocenters. The second kappa shape index (κ2) is 12.2. The fourth-order valence-corrected chi connectivity index (χ4v) is 4.39. The number of nitrogens with zero attached hydrogens (tertiary/aromatic N) is 1. The van der Waals surface area contributed by atoms with Crippen molar-refractivity contribution in [3.8, 4) is 5.75 Å². The van der Waals surface area contributed by atoms with Gasteiger partial charge in [-0.05, 0) is 56.8 Å². The van der Waals surface area contributed by atoms with Gasteiger partial charge < -0.3 is 20.2 Å². The summed E-state index contributed by atoms with van der Waals surface area (Å²) in [4.78, 5) is 2.09. The predicted molar refractivity (Wildman–Crippen MR) is 122 cm³/mol.